The van der Waals surface area contributed by atoms with Crippen LogP contribution in [0.15, 0.2) is 30.5 Å². The van der Waals surface area contributed by atoms with E-state index in [1.165, 1.54) is 25.7 Å². The number of anilines is 3. The Balaban J connectivity index is 1.62. The minimum atomic E-state index is 0.170. The van der Waals surface area contributed by atoms with Crippen LogP contribution in [0.1, 0.15) is 39.5 Å². The zero-order chi connectivity index (χ0) is 16.1. The van der Waals surface area contributed by atoms with Crippen LogP contribution in [0.25, 0.3) is 0 Å². The van der Waals surface area contributed by atoms with Gasteiger partial charge in [0.25, 0.3) is 0 Å². The Bertz CT molecular complexity index is 623. The smallest absolute Gasteiger partial charge is 0.244 e. The highest BCUT2D eigenvalue weighted by Crippen LogP contribution is 2.22. The molecule has 1 aromatic heterocycles. The Labute approximate surface area is 136 Å². The highest BCUT2D eigenvalue weighted by Gasteiger charge is 2.15. The molecule has 0 atom stereocenters. The minimum absolute atomic E-state index is 0.170. The number of hydrogen-bond acceptors (Lipinski definition) is 6. The van der Waals surface area contributed by atoms with Gasteiger partial charge >= 0.3 is 0 Å². The Morgan fingerprint density at radius 1 is 1.13 bits per heavy atom. The molecule has 0 unspecified atom stereocenters. The Hall–Kier alpha value is -2.37. The van der Waals surface area contributed by atoms with Crippen LogP contribution in [0.5, 0.6) is 5.75 Å². The first-order valence-corrected chi connectivity index (χ1v) is 8.19. The van der Waals surface area contributed by atoms with Gasteiger partial charge in [-0.1, -0.05) is 12.8 Å². The van der Waals surface area contributed by atoms with Gasteiger partial charge in [-0.05, 0) is 51.0 Å². The standard InChI is InChI=1S/C17H23N5O/c1-12(2)23-15-9-7-14(8-10-15)19-16-11-18-22-17(21-16)20-13-5-3-4-6-13/h7-13H,3-6H2,1-2H3,(H2,19,20,21,22). The van der Waals surface area contributed by atoms with Gasteiger partial charge in [0.2, 0.25) is 5.95 Å². The van der Waals surface area contributed by atoms with E-state index in [2.05, 4.69) is 25.8 Å². The van der Waals surface area contributed by atoms with Crippen molar-refractivity contribution in [1.82, 2.24) is 15.2 Å². The number of nitrogens with one attached hydrogen (secondary N) is 2. The topological polar surface area (TPSA) is 72.0 Å². The van der Waals surface area contributed by atoms with E-state index in [-0.39, 0.29) is 6.10 Å². The molecular formula is C17H23N5O. The Kier molecular flexibility index (Phi) is 4.90. The maximum absolute atomic E-state index is 5.64. The van der Waals surface area contributed by atoms with Crippen LogP contribution in [0.2, 0.25) is 0 Å². The summed E-state index contributed by atoms with van der Waals surface area (Å²) in [6.07, 6.45) is 6.69. The van der Waals surface area contributed by atoms with Crippen LogP contribution in [-0.4, -0.2) is 27.3 Å². The molecule has 2 N–H and O–H groups in total. The van der Waals surface area contributed by atoms with Crippen molar-refractivity contribution in [1.29, 1.82) is 0 Å². The number of rotatable bonds is 6. The van der Waals surface area contributed by atoms with Crippen LogP contribution in [0, 0.1) is 0 Å². The van der Waals surface area contributed by atoms with Crippen molar-refractivity contribution in [3.63, 3.8) is 0 Å². The van der Waals surface area contributed by atoms with E-state index in [1.54, 1.807) is 6.20 Å². The van der Waals surface area contributed by atoms with Gasteiger partial charge < -0.3 is 15.4 Å². The summed E-state index contributed by atoms with van der Waals surface area (Å²) in [4.78, 5) is 4.48. The highest BCUT2D eigenvalue weighted by atomic mass is 16.5. The predicted molar refractivity (Wildman–Crippen MR) is 91.2 cm³/mol. The summed E-state index contributed by atoms with van der Waals surface area (Å²) in [7, 11) is 0. The molecule has 1 aliphatic rings. The van der Waals surface area contributed by atoms with Gasteiger partial charge in [0.1, 0.15) is 5.75 Å². The number of aromatic nitrogens is 3. The molecule has 3 rings (SSSR count). The van der Waals surface area contributed by atoms with E-state index in [4.69, 9.17) is 4.74 Å². The summed E-state index contributed by atoms with van der Waals surface area (Å²) in [6.45, 7) is 4.02. The van der Waals surface area contributed by atoms with E-state index in [0.29, 0.717) is 17.8 Å². The maximum Gasteiger partial charge on any atom is 0.244 e. The molecule has 1 saturated carbocycles. The van der Waals surface area contributed by atoms with E-state index >= 15 is 0 Å². The fraction of sp³-hybridized carbons (Fsp3) is 0.471. The van der Waals surface area contributed by atoms with Crippen LogP contribution < -0.4 is 15.4 Å². The lowest BCUT2D eigenvalue weighted by molar-refractivity contribution is 0.242. The average Bonchev–Trinajstić information content (AvgIpc) is 3.02. The van der Waals surface area contributed by atoms with Crippen LogP contribution in [0.4, 0.5) is 17.5 Å². The highest BCUT2D eigenvalue weighted by molar-refractivity contribution is 5.57. The number of benzene rings is 1. The summed E-state index contributed by atoms with van der Waals surface area (Å²) in [5.41, 5.74) is 0.938. The molecule has 0 bridgehead atoms. The summed E-state index contributed by atoms with van der Waals surface area (Å²) in [5.74, 6) is 2.12. The fourth-order valence-corrected chi connectivity index (χ4v) is 2.71. The first-order chi connectivity index (χ1) is 11.2. The lowest BCUT2D eigenvalue weighted by Gasteiger charge is -2.13. The number of hydrogen-bond donors (Lipinski definition) is 2. The molecule has 0 radical (unpaired) electrons. The molecule has 1 aromatic carbocycles. The lowest BCUT2D eigenvalue weighted by Crippen LogP contribution is -2.17. The molecule has 1 fully saturated rings. The van der Waals surface area contributed by atoms with Gasteiger partial charge in [0.05, 0.1) is 12.3 Å². The molecule has 23 heavy (non-hydrogen) atoms. The average molecular weight is 313 g/mol. The van der Waals surface area contributed by atoms with E-state index in [0.717, 1.165) is 11.4 Å². The number of nitrogens with zero attached hydrogens (tertiary/aromatic N) is 3. The zero-order valence-corrected chi connectivity index (χ0v) is 13.6. The molecule has 6 nitrogen and oxygen atoms in total. The molecule has 2 aromatic rings. The first kappa shape index (κ1) is 15.5. The van der Waals surface area contributed by atoms with E-state index < -0.39 is 0 Å². The molecule has 0 spiro atoms. The van der Waals surface area contributed by atoms with Crippen molar-refractivity contribution in [2.24, 2.45) is 0 Å². The Morgan fingerprint density at radius 3 is 2.57 bits per heavy atom. The van der Waals surface area contributed by atoms with Crippen LogP contribution in [-0.2, 0) is 0 Å². The van der Waals surface area contributed by atoms with Gasteiger partial charge in [-0.3, -0.25) is 0 Å². The molecule has 0 aliphatic heterocycles. The second-order valence-corrected chi connectivity index (χ2v) is 6.11. The van der Waals surface area contributed by atoms with Crippen molar-refractivity contribution in [2.75, 3.05) is 10.6 Å². The lowest BCUT2D eigenvalue weighted by atomic mass is 10.2. The van der Waals surface area contributed by atoms with Gasteiger partial charge in [-0.25, -0.2) is 0 Å². The third kappa shape index (κ3) is 4.55. The molecular weight excluding hydrogens is 290 g/mol. The second-order valence-electron chi connectivity index (χ2n) is 6.11. The summed E-state index contributed by atoms with van der Waals surface area (Å²) < 4.78 is 5.64. The largest absolute Gasteiger partial charge is 0.491 e. The van der Waals surface area contributed by atoms with Gasteiger partial charge in [0, 0.05) is 11.7 Å². The van der Waals surface area contributed by atoms with Gasteiger partial charge in [-0.2, -0.15) is 10.1 Å². The molecule has 1 heterocycles. The molecule has 122 valence electrons. The normalized spacial score (nSPS) is 14.9. The molecule has 0 amide bonds. The number of ether oxygens (including phenoxy) is 1. The van der Waals surface area contributed by atoms with Crippen molar-refractivity contribution < 1.29 is 4.74 Å². The van der Waals surface area contributed by atoms with Gasteiger partial charge in [0.15, 0.2) is 5.82 Å². The zero-order valence-electron chi connectivity index (χ0n) is 13.6. The molecule has 0 saturated heterocycles. The summed E-state index contributed by atoms with van der Waals surface area (Å²) >= 11 is 0. The first-order valence-electron chi connectivity index (χ1n) is 8.19. The SMILES string of the molecule is CC(C)Oc1ccc(Nc2cnnc(NC3CCCC3)n2)cc1. The van der Waals surface area contributed by atoms with Gasteiger partial charge in [-0.15, -0.1) is 5.10 Å². The molecule has 6 heteroatoms. The van der Waals surface area contributed by atoms with Crippen molar-refractivity contribution in [3.8, 4) is 5.75 Å². The van der Waals surface area contributed by atoms with Crippen LogP contribution >= 0.6 is 0 Å². The van der Waals surface area contributed by atoms with Crippen molar-refractivity contribution >= 4 is 17.5 Å². The quantitative estimate of drug-likeness (QED) is 0.846. The van der Waals surface area contributed by atoms with Crippen molar-refractivity contribution in [2.45, 2.75) is 51.7 Å². The predicted octanol–water partition coefficient (Wildman–Crippen LogP) is 3.76. The maximum atomic E-state index is 5.64. The van der Waals surface area contributed by atoms with E-state index in [9.17, 15) is 0 Å². The van der Waals surface area contributed by atoms with Crippen LogP contribution in [0.3, 0.4) is 0 Å². The summed E-state index contributed by atoms with van der Waals surface area (Å²) in [6, 6.07) is 8.27. The third-order valence-electron chi connectivity index (χ3n) is 3.75. The summed E-state index contributed by atoms with van der Waals surface area (Å²) in [5, 5.41) is 14.7. The second kappa shape index (κ2) is 7.26. The fourth-order valence-electron chi connectivity index (χ4n) is 2.71. The van der Waals surface area contributed by atoms with Crippen molar-refractivity contribution in [3.05, 3.63) is 30.5 Å². The minimum Gasteiger partial charge on any atom is -0.491 e. The van der Waals surface area contributed by atoms with E-state index in [1.807, 2.05) is 38.1 Å². The Morgan fingerprint density at radius 2 is 1.87 bits per heavy atom. The molecule has 1 aliphatic carbocycles. The third-order valence-corrected chi connectivity index (χ3v) is 3.75. The monoisotopic (exact) mass is 313 g/mol.